The smallest absolute Gasteiger partial charge is 0.0903 e. The molecule has 80 valence electrons. The van der Waals surface area contributed by atoms with Crippen LogP contribution in [0.25, 0.3) is 0 Å². The van der Waals surface area contributed by atoms with Crippen LogP contribution in [0.2, 0.25) is 0 Å². The fourth-order valence-corrected chi connectivity index (χ4v) is 2.59. The second-order valence-electron chi connectivity index (χ2n) is 3.07. The minimum absolute atomic E-state index is 0.0763. The van der Waals surface area contributed by atoms with E-state index in [0.29, 0.717) is 0 Å². The van der Waals surface area contributed by atoms with Crippen molar-refractivity contribution in [1.82, 2.24) is 20.4 Å². The number of hydrogen-bond acceptors (Lipinski definition) is 5. The fourth-order valence-electron chi connectivity index (χ4n) is 1.39. The van der Waals surface area contributed by atoms with Crippen molar-refractivity contribution < 1.29 is 0 Å². The molecule has 0 aliphatic carbocycles. The normalized spacial score (nSPS) is 13.0. The van der Waals surface area contributed by atoms with Gasteiger partial charge in [-0.15, -0.1) is 16.4 Å². The standard InChI is InChI=1S/C8H10BrN5S/c1-14-6(3-11-13-14)8(12-10)5-2-7(9)15-4-5/h2-4,8,12H,10H2,1H3. The number of halogens is 1. The third-order valence-electron chi connectivity index (χ3n) is 2.13. The van der Waals surface area contributed by atoms with E-state index >= 15 is 0 Å². The summed E-state index contributed by atoms with van der Waals surface area (Å²) in [4.78, 5) is 0. The molecule has 0 spiro atoms. The van der Waals surface area contributed by atoms with E-state index in [1.165, 1.54) is 0 Å². The highest BCUT2D eigenvalue weighted by atomic mass is 79.9. The van der Waals surface area contributed by atoms with Crippen LogP contribution < -0.4 is 11.3 Å². The van der Waals surface area contributed by atoms with Gasteiger partial charge in [0.15, 0.2) is 0 Å². The Bertz CT molecular complexity index is 451. The van der Waals surface area contributed by atoms with E-state index in [2.05, 4.69) is 31.7 Å². The topological polar surface area (TPSA) is 68.8 Å². The number of rotatable bonds is 3. The van der Waals surface area contributed by atoms with Gasteiger partial charge in [0.05, 0.1) is 21.7 Å². The quantitative estimate of drug-likeness (QED) is 0.657. The largest absolute Gasteiger partial charge is 0.271 e. The van der Waals surface area contributed by atoms with E-state index in [4.69, 9.17) is 5.84 Å². The summed E-state index contributed by atoms with van der Waals surface area (Å²) in [6.45, 7) is 0. The lowest BCUT2D eigenvalue weighted by Crippen LogP contribution is -2.30. The first kappa shape index (κ1) is 10.7. The first-order valence-corrected chi connectivity index (χ1v) is 5.94. The van der Waals surface area contributed by atoms with Gasteiger partial charge in [-0.3, -0.25) is 10.5 Å². The number of hydrazine groups is 1. The Morgan fingerprint density at radius 1 is 1.67 bits per heavy atom. The summed E-state index contributed by atoms with van der Waals surface area (Å²) in [5.74, 6) is 5.54. The minimum Gasteiger partial charge on any atom is -0.271 e. The maximum atomic E-state index is 5.54. The van der Waals surface area contributed by atoms with Crippen molar-refractivity contribution in [2.45, 2.75) is 6.04 Å². The summed E-state index contributed by atoms with van der Waals surface area (Å²) in [6, 6.07) is 1.95. The van der Waals surface area contributed by atoms with Crippen molar-refractivity contribution in [3.8, 4) is 0 Å². The lowest BCUT2D eigenvalue weighted by Gasteiger charge is -2.13. The average Bonchev–Trinajstić information content (AvgIpc) is 2.79. The molecule has 0 amide bonds. The van der Waals surface area contributed by atoms with E-state index < -0.39 is 0 Å². The van der Waals surface area contributed by atoms with Crippen LogP contribution in [0.1, 0.15) is 17.3 Å². The van der Waals surface area contributed by atoms with E-state index in [9.17, 15) is 0 Å². The second kappa shape index (κ2) is 4.40. The van der Waals surface area contributed by atoms with Crippen LogP contribution in [0.15, 0.2) is 21.4 Å². The summed E-state index contributed by atoms with van der Waals surface area (Å²) >= 11 is 5.05. The highest BCUT2D eigenvalue weighted by Gasteiger charge is 2.17. The summed E-state index contributed by atoms with van der Waals surface area (Å²) in [5, 5.41) is 9.76. The monoisotopic (exact) mass is 287 g/mol. The third-order valence-corrected chi connectivity index (χ3v) is 3.66. The lowest BCUT2D eigenvalue weighted by molar-refractivity contribution is 0.571. The zero-order valence-corrected chi connectivity index (χ0v) is 10.4. The van der Waals surface area contributed by atoms with Crippen LogP contribution in [0.5, 0.6) is 0 Å². The van der Waals surface area contributed by atoms with Crippen molar-refractivity contribution in [3.05, 3.63) is 32.7 Å². The second-order valence-corrected chi connectivity index (χ2v) is 5.36. The van der Waals surface area contributed by atoms with Crippen molar-refractivity contribution in [3.63, 3.8) is 0 Å². The molecule has 0 saturated carbocycles. The zero-order chi connectivity index (χ0) is 10.8. The number of thiophene rings is 1. The van der Waals surface area contributed by atoms with Gasteiger partial charge < -0.3 is 0 Å². The van der Waals surface area contributed by atoms with Crippen LogP contribution in [-0.4, -0.2) is 15.0 Å². The maximum absolute atomic E-state index is 5.54. The molecule has 2 aromatic heterocycles. The van der Waals surface area contributed by atoms with Gasteiger partial charge in [-0.25, -0.2) is 5.43 Å². The van der Waals surface area contributed by atoms with E-state index in [1.807, 2.05) is 18.5 Å². The molecule has 0 aliphatic heterocycles. The van der Waals surface area contributed by atoms with Crippen LogP contribution in [0, 0.1) is 0 Å². The van der Waals surface area contributed by atoms with Gasteiger partial charge >= 0.3 is 0 Å². The molecule has 1 atom stereocenters. The van der Waals surface area contributed by atoms with Gasteiger partial charge in [0, 0.05) is 7.05 Å². The molecule has 15 heavy (non-hydrogen) atoms. The Labute approximate surface area is 99.4 Å². The Balaban J connectivity index is 2.36. The molecule has 0 fully saturated rings. The van der Waals surface area contributed by atoms with Gasteiger partial charge in [-0.1, -0.05) is 5.21 Å². The predicted molar refractivity (Wildman–Crippen MR) is 62.2 cm³/mol. The van der Waals surface area contributed by atoms with Crippen LogP contribution in [-0.2, 0) is 7.05 Å². The molecule has 5 nitrogen and oxygen atoms in total. The van der Waals surface area contributed by atoms with Crippen LogP contribution in [0.3, 0.4) is 0 Å². The molecule has 2 heterocycles. The van der Waals surface area contributed by atoms with E-state index in [-0.39, 0.29) is 6.04 Å². The molecule has 0 aromatic carbocycles. The summed E-state index contributed by atoms with van der Waals surface area (Å²) in [6.07, 6.45) is 1.70. The number of nitrogens with two attached hydrogens (primary N) is 1. The summed E-state index contributed by atoms with van der Waals surface area (Å²) in [5.41, 5.74) is 4.79. The molecule has 2 rings (SSSR count). The Morgan fingerprint density at radius 3 is 2.93 bits per heavy atom. The van der Waals surface area contributed by atoms with Gasteiger partial charge in [0.1, 0.15) is 0 Å². The molecule has 2 aromatic rings. The molecule has 0 aliphatic rings. The fraction of sp³-hybridized carbons (Fsp3) is 0.250. The lowest BCUT2D eigenvalue weighted by atomic mass is 10.1. The average molecular weight is 288 g/mol. The van der Waals surface area contributed by atoms with Gasteiger partial charge in [0.25, 0.3) is 0 Å². The number of nitrogens with zero attached hydrogens (tertiary/aromatic N) is 3. The Kier molecular flexibility index (Phi) is 3.15. The third kappa shape index (κ3) is 2.10. The molecule has 3 N–H and O–H groups in total. The Morgan fingerprint density at radius 2 is 2.47 bits per heavy atom. The predicted octanol–water partition coefficient (Wildman–Crippen LogP) is 1.19. The van der Waals surface area contributed by atoms with E-state index in [0.717, 1.165) is 15.0 Å². The minimum atomic E-state index is -0.0763. The molecule has 0 saturated heterocycles. The maximum Gasteiger partial charge on any atom is 0.0903 e. The zero-order valence-electron chi connectivity index (χ0n) is 8.01. The number of nitrogens with one attached hydrogen (secondary N) is 1. The van der Waals surface area contributed by atoms with Crippen molar-refractivity contribution in [2.75, 3.05) is 0 Å². The number of hydrogen-bond donors (Lipinski definition) is 2. The molecular formula is C8H10BrN5S. The summed E-state index contributed by atoms with van der Waals surface area (Å²) < 4.78 is 2.78. The van der Waals surface area contributed by atoms with Crippen molar-refractivity contribution in [1.29, 1.82) is 0 Å². The van der Waals surface area contributed by atoms with Gasteiger partial charge in [0.2, 0.25) is 0 Å². The molecular weight excluding hydrogens is 278 g/mol. The molecule has 1 unspecified atom stereocenters. The van der Waals surface area contributed by atoms with Gasteiger partial charge in [-0.2, -0.15) is 0 Å². The molecule has 0 radical (unpaired) electrons. The van der Waals surface area contributed by atoms with Crippen molar-refractivity contribution in [2.24, 2.45) is 12.9 Å². The van der Waals surface area contributed by atoms with E-state index in [1.54, 1.807) is 22.2 Å². The highest BCUT2D eigenvalue weighted by Crippen LogP contribution is 2.28. The first-order chi connectivity index (χ1) is 7.22. The molecule has 7 heteroatoms. The Hall–Kier alpha value is -0.760. The molecule has 0 bridgehead atoms. The first-order valence-electron chi connectivity index (χ1n) is 4.27. The van der Waals surface area contributed by atoms with Gasteiger partial charge in [-0.05, 0) is 32.9 Å². The summed E-state index contributed by atoms with van der Waals surface area (Å²) in [7, 11) is 1.84. The number of aryl methyl sites for hydroxylation is 1. The highest BCUT2D eigenvalue weighted by molar-refractivity contribution is 9.11. The van der Waals surface area contributed by atoms with Crippen LogP contribution >= 0.6 is 27.3 Å². The number of aromatic nitrogens is 3. The SMILES string of the molecule is Cn1nncc1C(NN)c1csc(Br)c1. The van der Waals surface area contributed by atoms with Crippen LogP contribution in [0.4, 0.5) is 0 Å². The van der Waals surface area contributed by atoms with Crippen molar-refractivity contribution >= 4 is 27.3 Å².